The summed E-state index contributed by atoms with van der Waals surface area (Å²) in [6.45, 7) is 3.03. The molecule has 172 valence electrons. The van der Waals surface area contributed by atoms with Crippen molar-refractivity contribution >= 4 is 11.8 Å². The van der Waals surface area contributed by atoms with Gasteiger partial charge in [0.25, 0.3) is 5.91 Å². The molecular formula is C27H37N3O2. The van der Waals surface area contributed by atoms with Crippen LogP contribution in [0.5, 0.6) is 0 Å². The van der Waals surface area contributed by atoms with Crippen molar-refractivity contribution in [2.45, 2.75) is 83.3 Å². The molecule has 5 heteroatoms. The van der Waals surface area contributed by atoms with Gasteiger partial charge in [-0.15, -0.1) is 0 Å². The van der Waals surface area contributed by atoms with Crippen LogP contribution in [0.15, 0.2) is 42.6 Å². The molecule has 5 nitrogen and oxygen atoms in total. The van der Waals surface area contributed by atoms with E-state index in [0.29, 0.717) is 18.2 Å². The van der Waals surface area contributed by atoms with E-state index in [1.807, 2.05) is 41.2 Å². The van der Waals surface area contributed by atoms with E-state index < -0.39 is 0 Å². The smallest absolute Gasteiger partial charge is 0.254 e. The second-order valence-electron chi connectivity index (χ2n) is 9.54. The molecule has 2 aromatic rings. The van der Waals surface area contributed by atoms with Gasteiger partial charge in [-0.1, -0.05) is 38.3 Å². The average molecular weight is 436 g/mol. The number of aryl methyl sites for hydroxylation is 2. The number of nitrogens with zero attached hydrogens (tertiary/aromatic N) is 3. The van der Waals surface area contributed by atoms with Gasteiger partial charge in [-0.05, 0) is 68.4 Å². The van der Waals surface area contributed by atoms with E-state index in [-0.39, 0.29) is 24.4 Å². The van der Waals surface area contributed by atoms with Gasteiger partial charge in [0.2, 0.25) is 5.91 Å². The highest BCUT2D eigenvalue weighted by Gasteiger charge is 2.38. The Morgan fingerprint density at radius 3 is 2.22 bits per heavy atom. The molecule has 0 saturated heterocycles. The van der Waals surface area contributed by atoms with Crippen LogP contribution < -0.4 is 0 Å². The number of rotatable bonds is 12. The van der Waals surface area contributed by atoms with Crippen LogP contribution in [-0.4, -0.2) is 44.8 Å². The molecule has 2 fully saturated rings. The molecule has 0 unspecified atom stereocenters. The van der Waals surface area contributed by atoms with Crippen LogP contribution in [0.1, 0.15) is 79.9 Å². The lowest BCUT2D eigenvalue weighted by atomic mass is 10.0. The Bertz CT molecular complexity index is 909. The molecule has 1 aromatic carbocycles. The number of unbranched alkanes of at least 4 members (excludes halogenated alkanes) is 3. The molecule has 0 atom stereocenters. The van der Waals surface area contributed by atoms with E-state index >= 15 is 0 Å². The summed E-state index contributed by atoms with van der Waals surface area (Å²) in [4.78, 5) is 30.4. The van der Waals surface area contributed by atoms with Crippen LogP contribution in [0.25, 0.3) is 0 Å². The highest BCUT2D eigenvalue weighted by molar-refractivity contribution is 5.97. The van der Waals surface area contributed by atoms with Crippen LogP contribution in [-0.2, 0) is 24.8 Å². The second kappa shape index (κ2) is 10.4. The van der Waals surface area contributed by atoms with E-state index in [9.17, 15) is 9.59 Å². The molecule has 2 aliphatic carbocycles. The molecule has 1 heterocycles. The topological polar surface area (TPSA) is 45.6 Å². The number of aromatic nitrogens is 1. The molecule has 2 aliphatic rings. The first-order valence-electron chi connectivity index (χ1n) is 12.4. The summed E-state index contributed by atoms with van der Waals surface area (Å²) in [5, 5.41) is 0. The van der Waals surface area contributed by atoms with Gasteiger partial charge in [-0.3, -0.25) is 9.59 Å². The lowest BCUT2D eigenvalue weighted by Gasteiger charge is -2.28. The maximum Gasteiger partial charge on any atom is 0.254 e. The third-order valence-corrected chi connectivity index (χ3v) is 6.77. The SMILES string of the molecule is CCCCCCc1ccc(C(=O)N(CC(=O)N(Cc2cccn2C)C2CC2)C2CC2)cc1. The van der Waals surface area contributed by atoms with Gasteiger partial charge < -0.3 is 14.4 Å². The largest absolute Gasteiger partial charge is 0.353 e. The zero-order valence-corrected chi connectivity index (χ0v) is 19.6. The average Bonchev–Trinajstić information content (AvgIpc) is 3.72. The number of carbonyl (C=O) groups is 2. The standard InChI is InChI=1S/C27H37N3O2/c1-3-4-5-6-8-21-10-12-22(13-11-21)27(32)30(24-16-17-24)20-26(31)29(23-14-15-23)19-25-9-7-18-28(25)2/h7,9-13,18,23-24H,3-6,8,14-17,19-20H2,1-2H3. The lowest BCUT2D eigenvalue weighted by Crippen LogP contribution is -2.44. The van der Waals surface area contributed by atoms with Crippen molar-refractivity contribution in [1.82, 2.24) is 14.4 Å². The van der Waals surface area contributed by atoms with Crippen molar-refractivity contribution in [3.05, 3.63) is 59.4 Å². The van der Waals surface area contributed by atoms with Gasteiger partial charge in [0.1, 0.15) is 6.54 Å². The Kier molecular flexibility index (Phi) is 7.33. The summed E-state index contributed by atoms with van der Waals surface area (Å²) >= 11 is 0. The number of amides is 2. The van der Waals surface area contributed by atoms with Gasteiger partial charge in [0, 0.05) is 36.6 Å². The second-order valence-corrected chi connectivity index (χ2v) is 9.54. The van der Waals surface area contributed by atoms with Crippen molar-refractivity contribution in [1.29, 1.82) is 0 Å². The summed E-state index contributed by atoms with van der Waals surface area (Å²) in [5.41, 5.74) is 3.11. The van der Waals surface area contributed by atoms with E-state index in [1.54, 1.807) is 0 Å². The quantitative estimate of drug-likeness (QED) is 0.443. The molecule has 0 aliphatic heterocycles. The van der Waals surface area contributed by atoms with Gasteiger partial charge in [0.15, 0.2) is 0 Å². The van der Waals surface area contributed by atoms with Gasteiger partial charge >= 0.3 is 0 Å². The first kappa shape index (κ1) is 22.6. The summed E-state index contributed by atoms with van der Waals surface area (Å²) in [6, 6.07) is 12.7. The summed E-state index contributed by atoms with van der Waals surface area (Å²) in [5.74, 6) is 0.0643. The van der Waals surface area contributed by atoms with Crippen LogP contribution in [0.2, 0.25) is 0 Å². The Hall–Kier alpha value is -2.56. The summed E-state index contributed by atoms with van der Waals surface area (Å²) in [7, 11) is 2.01. The maximum absolute atomic E-state index is 13.3. The molecule has 0 bridgehead atoms. The van der Waals surface area contributed by atoms with Crippen LogP contribution in [0.3, 0.4) is 0 Å². The van der Waals surface area contributed by atoms with Crippen LogP contribution in [0.4, 0.5) is 0 Å². The fraction of sp³-hybridized carbons (Fsp3) is 0.556. The minimum Gasteiger partial charge on any atom is -0.353 e. The van der Waals surface area contributed by atoms with Crippen LogP contribution >= 0.6 is 0 Å². The Morgan fingerprint density at radius 1 is 0.938 bits per heavy atom. The third kappa shape index (κ3) is 5.81. The number of hydrogen-bond acceptors (Lipinski definition) is 2. The van der Waals surface area contributed by atoms with E-state index in [4.69, 9.17) is 0 Å². The van der Waals surface area contributed by atoms with Gasteiger partial charge in [0.05, 0.1) is 6.54 Å². The van der Waals surface area contributed by atoms with Crippen molar-refractivity contribution in [2.24, 2.45) is 7.05 Å². The molecule has 4 rings (SSSR count). The fourth-order valence-corrected chi connectivity index (χ4v) is 4.37. The van der Waals surface area contributed by atoms with E-state index in [1.165, 1.54) is 31.2 Å². The maximum atomic E-state index is 13.3. The first-order chi connectivity index (χ1) is 15.6. The Morgan fingerprint density at radius 2 is 1.62 bits per heavy atom. The number of hydrogen-bond donors (Lipinski definition) is 0. The molecule has 0 N–H and O–H groups in total. The molecular weight excluding hydrogens is 398 g/mol. The van der Waals surface area contributed by atoms with Crippen molar-refractivity contribution in [3.8, 4) is 0 Å². The predicted molar refractivity (Wildman–Crippen MR) is 127 cm³/mol. The zero-order valence-electron chi connectivity index (χ0n) is 19.6. The number of benzene rings is 1. The Balaban J connectivity index is 1.39. The predicted octanol–water partition coefficient (Wildman–Crippen LogP) is 4.94. The molecule has 2 saturated carbocycles. The lowest BCUT2D eigenvalue weighted by molar-refractivity contribution is -0.133. The summed E-state index contributed by atoms with van der Waals surface area (Å²) in [6.07, 6.45) is 12.2. The zero-order chi connectivity index (χ0) is 22.5. The van der Waals surface area contributed by atoms with Crippen molar-refractivity contribution in [2.75, 3.05) is 6.54 Å². The molecule has 32 heavy (non-hydrogen) atoms. The molecule has 0 radical (unpaired) electrons. The highest BCUT2D eigenvalue weighted by atomic mass is 16.2. The normalized spacial score (nSPS) is 15.6. The van der Waals surface area contributed by atoms with Gasteiger partial charge in [-0.25, -0.2) is 0 Å². The molecule has 2 amide bonds. The Labute approximate surface area is 192 Å². The van der Waals surface area contributed by atoms with E-state index in [0.717, 1.165) is 37.8 Å². The minimum atomic E-state index is -0.00648. The first-order valence-corrected chi connectivity index (χ1v) is 12.4. The van der Waals surface area contributed by atoms with Crippen molar-refractivity contribution in [3.63, 3.8) is 0 Å². The van der Waals surface area contributed by atoms with E-state index in [2.05, 4.69) is 29.7 Å². The van der Waals surface area contributed by atoms with Crippen molar-refractivity contribution < 1.29 is 9.59 Å². The summed E-state index contributed by atoms with van der Waals surface area (Å²) < 4.78 is 2.07. The van der Waals surface area contributed by atoms with Crippen LogP contribution in [0, 0.1) is 0 Å². The molecule has 0 spiro atoms. The third-order valence-electron chi connectivity index (χ3n) is 6.77. The minimum absolute atomic E-state index is 0.00648. The molecule has 1 aromatic heterocycles. The fourth-order valence-electron chi connectivity index (χ4n) is 4.37. The highest BCUT2D eigenvalue weighted by Crippen LogP contribution is 2.31. The van der Waals surface area contributed by atoms with Gasteiger partial charge in [-0.2, -0.15) is 0 Å². The number of carbonyl (C=O) groups excluding carboxylic acids is 2. The monoisotopic (exact) mass is 435 g/mol.